The minimum atomic E-state index is -1.28. The number of carbonyl (C=O) groups is 2. The Morgan fingerprint density at radius 3 is 2.33 bits per heavy atom. The van der Waals surface area contributed by atoms with Gasteiger partial charge in [0.1, 0.15) is 0 Å². The third-order valence-electron chi connectivity index (χ3n) is 3.67. The highest BCUT2D eigenvalue weighted by molar-refractivity contribution is 7.12. The van der Waals surface area contributed by atoms with Gasteiger partial charge in [-0.2, -0.15) is 4.89 Å². The molecule has 0 saturated carbocycles. The normalized spacial score (nSPS) is 12.3. The van der Waals surface area contributed by atoms with E-state index in [9.17, 15) is 9.59 Å². The van der Waals surface area contributed by atoms with Crippen molar-refractivity contribution in [1.29, 1.82) is 0 Å². The number of Topliss-reactive ketones (excluding diaryl/α,β-unsaturated/α-hetero) is 1. The summed E-state index contributed by atoms with van der Waals surface area (Å²) in [5, 5.41) is 4.63. The van der Waals surface area contributed by atoms with Gasteiger partial charge in [0.05, 0.1) is 17.2 Å². The van der Waals surface area contributed by atoms with E-state index in [0.29, 0.717) is 22.7 Å². The zero-order chi connectivity index (χ0) is 19.9. The third-order valence-corrected chi connectivity index (χ3v) is 6.24. The highest BCUT2D eigenvalue weighted by Crippen LogP contribution is 2.20. The molecule has 1 heterocycles. The SMILES string of the molecule is CC(=O)/C(OOCC[Si](C)(C)C)=C(\NC(=O)c1cccs1)c1ccccc1. The number of hydrogen-bond acceptors (Lipinski definition) is 5. The molecule has 5 nitrogen and oxygen atoms in total. The largest absolute Gasteiger partial charge is 0.331 e. The van der Waals surface area contributed by atoms with E-state index in [1.165, 1.54) is 18.3 Å². The van der Waals surface area contributed by atoms with E-state index >= 15 is 0 Å². The topological polar surface area (TPSA) is 64.6 Å². The number of benzene rings is 1. The van der Waals surface area contributed by atoms with Crippen LogP contribution in [0.2, 0.25) is 25.7 Å². The van der Waals surface area contributed by atoms with Crippen LogP contribution in [0.3, 0.4) is 0 Å². The minimum absolute atomic E-state index is 0.0123. The van der Waals surface area contributed by atoms with Crippen molar-refractivity contribution in [3.63, 3.8) is 0 Å². The molecular weight excluding hydrogens is 378 g/mol. The second-order valence-electron chi connectivity index (χ2n) is 7.27. The molecule has 0 aliphatic rings. The molecule has 0 atom stereocenters. The minimum Gasteiger partial charge on any atom is -0.331 e. The average molecular weight is 404 g/mol. The van der Waals surface area contributed by atoms with E-state index < -0.39 is 8.07 Å². The summed E-state index contributed by atoms with van der Waals surface area (Å²) in [6.45, 7) is 8.48. The van der Waals surface area contributed by atoms with Crippen LogP contribution in [0.1, 0.15) is 22.2 Å². The van der Waals surface area contributed by atoms with Crippen molar-refractivity contribution in [3.05, 3.63) is 64.0 Å². The Morgan fingerprint density at radius 1 is 1.07 bits per heavy atom. The maximum absolute atomic E-state index is 12.5. The van der Waals surface area contributed by atoms with E-state index in [-0.39, 0.29) is 17.4 Å². The molecule has 0 spiro atoms. The second-order valence-corrected chi connectivity index (χ2v) is 13.8. The van der Waals surface area contributed by atoms with Gasteiger partial charge < -0.3 is 10.2 Å². The number of rotatable bonds is 9. The molecule has 1 aromatic carbocycles. The highest BCUT2D eigenvalue weighted by Gasteiger charge is 2.21. The summed E-state index contributed by atoms with van der Waals surface area (Å²) in [7, 11) is -1.28. The summed E-state index contributed by atoms with van der Waals surface area (Å²) < 4.78 is 0. The number of allylic oxidation sites excluding steroid dienone is 1. The van der Waals surface area contributed by atoms with Crippen molar-refractivity contribution in [2.24, 2.45) is 0 Å². The lowest BCUT2D eigenvalue weighted by atomic mass is 10.1. The molecule has 0 aliphatic carbocycles. The molecule has 0 bridgehead atoms. The number of thiophene rings is 1. The van der Waals surface area contributed by atoms with Crippen molar-refractivity contribution in [2.45, 2.75) is 32.6 Å². The van der Waals surface area contributed by atoms with Crippen LogP contribution < -0.4 is 5.32 Å². The number of amides is 1. The van der Waals surface area contributed by atoms with Crippen LogP contribution in [0.15, 0.2) is 53.6 Å². The predicted molar refractivity (Wildman–Crippen MR) is 111 cm³/mol. The average Bonchev–Trinajstić information content (AvgIpc) is 3.14. The number of nitrogens with one attached hydrogen (secondary N) is 1. The van der Waals surface area contributed by atoms with Crippen molar-refractivity contribution in [2.75, 3.05) is 6.61 Å². The van der Waals surface area contributed by atoms with Crippen LogP contribution >= 0.6 is 11.3 Å². The van der Waals surface area contributed by atoms with Crippen LogP contribution in [0.25, 0.3) is 5.70 Å². The summed E-state index contributed by atoms with van der Waals surface area (Å²) >= 11 is 1.33. The number of hydrogen-bond donors (Lipinski definition) is 1. The zero-order valence-corrected chi connectivity index (χ0v) is 17.9. The fourth-order valence-corrected chi connectivity index (χ4v) is 3.49. The van der Waals surface area contributed by atoms with E-state index in [4.69, 9.17) is 9.78 Å². The molecule has 2 rings (SSSR count). The third kappa shape index (κ3) is 6.78. The summed E-state index contributed by atoms with van der Waals surface area (Å²) in [4.78, 5) is 36.0. The lowest BCUT2D eigenvalue weighted by molar-refractivity contribution is -0.256. The Bertz CT molecular complexity index is 795. The standard InChI is InChI=1S/C20H25NO4SSi/c1-15(22)19(25-24-12-14-27(2,3)4)18(16-9-6-5-7-10-16)21-20(23)17-11-8-13-26-17/h5-11,13H,12,14H2,1-4H3,(H,21,23)/b19-18+. The Labute approximate surface area is 164 Å². The molecular formula is C20H25NO4SSi. The molecule has 7 heteroatoms. The Balaban J connectivity index is 2.28. The Morgan fingerprint density at radius 2 is 1.78 bits per heavy atom. The quantitative estimate of drug-likeness (QED) is 0.164. The van der Waals surface area contributed by atoms with Gasteiger partial charge in [-0.15, -0.1) is 11.3 Å². The van der Waals surface area contributed by atoms with Crippen LogP contribution in [-0.2, 0) is 14.6 Å². The molecule has 2 aromatic rings. The molecule has 1 aromatic heterocycles. The molecule has 27 heavy (non-hydrogen) atoms. The maximum Gasteiger partial charge on any atom is 0.265 e. The van der Waals surface area contributed by atoms with Gasteiger partial charge in [0, 0.05) is 20.6 Å². The smallest absolute Gasteiger partial charge is 0.265 e. The van der Waals surface area contributed by atoms with Crippen molar-refractivity contribution in [1.82, 2.24) is 5.32 Å². The van der Waals surface area contributed by atoms with Crippen molar-refractivity contribution < 1.29 is 19.4 Å². The molecule has 144 valence electrons. The monoisotopic (exact) mass is 403 g/mol. The van der Waals surface area contributed by atoms with E-state index in [2.05, 4.69) is 25.0 Å². The van der Waals surface area contributed by atoms with Gasteiger partial charge >= 0.3 is 0 Å². The summed E-state index contributed by atoms with van der Waals surface area (Å²) in [5.74, 6) is -0.636. The van der Waals surface area contributed by atoms with Crippen molar-refractivity contribution >= 4 is 36.8 Å². The first kappa shape index (κ1) is 21.1. The fourth-order valence-electron chi connectivity index (χ4n) is 2.17. The molecule has 0 radical (unpaired) electrons. The zero-order valence-electron chi connectivity index (χ0n) is 16.1. The molecule has 0 saturated heterocycles. The number of carbonyl (C=O) groups excluding carboxylic acids is 2. The summed E-state index contributed by atoms with van der Waals surface area (Å²) in [6.07, 6.45) is 0. The maximum atomic E-state index is 12.5. The molecule has 1 N–H and O–H groups in total. The van der Waals surface area contributed by atoms with Gasteiger partial charge in [0.2, 0.25) is 11.5 Å². The fraction of sp³-hybridized carbons (Fsp3) is 0.300. The van der Waals surface area contributed by atoms with Crippen LogP contribution in [0.4, 0.5) is 0 Å². The lowest BCUT2D eigenvalue weighted by Gasteiger charge is -2.17. The molecule has 1 amide bonds. The number of ketones is 1. The highest BCUT2D eigenvalue weighted by atomic mass is 32.1. The van der Waals surface area contributed by atoms with E-state index in [1.54, 1.807) is 24.3 Å². The van der Waals surface area contributed by atoms with Gasteiger partial charge in [0.15, 0.2) is 0 Å². The first-order valence-corrected chi connectivity index (χ1v) is 13.3. The second kappa shape index (κ2) is 9.64. The van der Waals surface area contributed by atoms with E-state index in [0.717, 1.165) is 6.04 Å². The molecule has 0 aliphatic heterocycles. The molecule has 0 unspecified atom stereocenters. The molecule has 0 fully saturated rings. The van der Waals surface area contributed by atoms with Gasteiger partial charge in [-0.3, -0.25) is 9.59 Å². The van der Waals surface area contributed by atoms with Crippen LogP contribution in [-0.4, -0.2) is 26.4 Å². The summed E-state index contributed by atoms with van der Waals surface area (Å²) in [5.41, 5.74) is 0.968. The van der Waals surface area contributed by atoms with E-state index in [1.807, 2.05) is 23.6 Å². The first-order chi connectivity index (χ1) is 12.8. The predicted octanol–water partition coefficient (Wildman–Crippen LogP) is 4.72. The van der Waals surface area contributed by atoms with Crippen LogP contribution in [0.5, 0.6) is 0 Å². The van der Waals surface area contributed by atoms with Crippen LogP contribution in [0, 0.1) is 0 Å². The Kier molecular flexibility index (Phi) is 7.52. The Hall–Kier alpha value is -2.22. The van der Waals surface area contributed by atoms with Crippen molar-refractivity contribution in [3.8, 4) is 0 Å². The van der Waals surface area contributed by atoms with Gasteiger partial charge in [0.25, 0.3) is 5.91 Å². The summed E-state index contributed by atoms with van der Waals surface area (Å²) in [6, 6.07) is 13.6. The van der Waals surface area contributed by atoms with Gasteiger partial charge in [-0.05, 0) is 17.5 Å². The first-order valence-electron chi connectivity index (χ1n) is 8.73. The van der Waals surface area contributed by atoms with Gasteiger partial charge in [-0.1, -0.05) is 56.0 Å². The van der Waals surface area contributed by atoms with Gasteiger partial charge in [-0.25, -0.2) is 0 Å². The lowest BCUT2D eigenvalue weighted by Crippen LogP contribution is -2.25.